The Morgan fingerprint density at radius 1 is 1.11 bits per heavy atom. The largest absolute Gasteiger partial charge is 0.497 e. The van der Waals surface area contributed by atoms with Crippen molar-refractivity contribution in [3.8, 4) is 16.3 Å². The van der Waals surface area contributed by atoms with Crippen molar-refractivity contribution in [3.05, 3.63) is 46.4 Å². The smallest absolute Gasteiger partial charge is 0.198 e. The Balaban J connectivity index is 1.30. The fourth-order valence-corrected chi connectivity index (χ4v) is 4.24. The van der Waals surface area contributed by atoms with Gasteiger partial charge in [0.25, 0.3) is 0 Å². The Morgan fingerprint density at radius 2 is 1.82 bits per heavy atom. The van der Waals surface area contributed by atoms with E-state index in [1.54, 1.807) is 24.8 Å². The van der Waals surface area contributed by atoms with E-state index < -0.39 is 0 Å². The molecule has 1 fully saturated rings. The number of thiazole rings is 1. The fourth-order valence-electron chi connectivity index (χ4n) is 3.27. The predicted molar refractivity (Wildman–Crippen MR) is 113 cm³/mol. The minimum atomic E-state index is 0.756. The topological polar surface area (TPSA) is 51.4 Å². The molecule has 0 bridgehead atoms. The van der Waals surface area contributed by atoms with Crippen LogP contribution in [0, 0.1) is 4.77 Å². The summed E-state index contributed by atoms with van der Waals surface area (Å²) >= 11 is 7.07. The SMILES string of the molecule is COc1ccc(-c2nc(CN3CCN(Cn4ncn(C)c4=S)CC3)cs2)cc1. The second kappa shape index (κ2) is 8.52. The van der Waals surface area contributed by atoms with Gasteiger partial charge in [0, 0.05) is 50.7 Å². The molecule has 0 aliphatic carbocycles. The van der Waals surface area contributed by atoms with Crippen molar-refractivity contribution < 1.29 is 4.74 Å². The molecule has 0 unspecified atom stereocenters. The van der Waals surface area contributed by atoms with Crippen LogP contribution in [-0.4, -0.2) is 62.4 Å². The summed E-state index contributed by atoms with van der Waals surface area (Å²) in [6, 6.07) is 8.07. The lowest BCUT2D eigenvalue weighted by molar-refractivity contribution is 0.0974. The van der Waals surface area contributed by atoms with Crippen LogP contribution in [0.25, 0.3) is 10.6 Å². The Morgan fingerprint density at radius 3 is 2.46 bits per heavy atom. The van der Waals surface area contributed by atoms with Crippen molar-refractivity contribution in [2.75, 3.05) is 33.3 Å². The minimum absolute atomic E-state index is 0.756. The van der Waals surface area contributed by atoms with Gasteiger partial charge in [-0.15, -0.1) is 11.3 Å². The molecule has 0 saturated carbocycles. The molecule has 4 rings (SSSR count). The number of hydrogen-bond acceptors (Lipinski definition) is 7. The Kier molecular flexibility index (Phi) is 5.86. The lowest BCUT2D eigenvalue weighted by Crippen LogP contribution is -2.46. The molecule has 0 amide bonds. The van der Waals surface area contributed by atoms with E-state index in [0.29, 0.717) is 0 Å². The number of rotatable bonds is 6. The number of methoxy groups -OCH3 is 1. The number of hydrogen-bond donors (Lipinski definition) is 0. The summed E-state index contributed by atoms with van der Waals surface area (Å²) < 4.78 is 9.74. The standard InChI is InChI=1S/C19H24N6OS2/c1-22-13-20-25(19(22)27)14-24-9-7-23(8-10-24)11-16-12-28-18(21-16)15-3-5-17(26-2)6-4-15/h3-6,12-13H,7-11,14H2,1-2H3. The lowest BCUT2D eigenvalue weighted by atomic mass is 10.2. The van der Waals surface area contributed by atoms with Crippen LogP contribution in [0.4, 0.5) is 0 Å². The first-order valence-corrected chi connectivity index (χ1v) is 10.5. The number of benzene rings is 1. The molecule has 0 atom stereocenters. The quantitative estimate of drug-likeness (QED) is 0.576. The molecule has 3 heterocycles. The van der Waals surface area contributed by atoms with E-state index in [4.69, 9.17) is 21.9 Å². The second-order valence-corrected chi connectivity index (χ2v) is 8.16. The summed E-state index contributed by atoms with van der Waals surface area (Å²) in [5, 5.41) is 7.56. The molecule has 7 nitrogen and oxygen atoms in total. The van der Waals surface area contributed by atoms with E-state index in [2.05, 4.69) is 32.4 Å². The molecular weight excluding hydrogens is 392 g/mol. The lowest BCUT2D eigenvalue weighted by Gasteiger charge is -2.34. The molecule has 3 aromatic rings. The molecule has 28 heavy (non-hydrogen) atoms. The first kappa shape index (κ1) is 19.3. The minimum Gasteiger partial charge on any atom is -0.497 e. The van der Waals surface area contributed by atoms with Crippen molar-refractivity contribution in [3.63, 3.8) is 0 Å². The van der Waals surface area contributed by atoms with Crippen LogP contribution in [0.5, 0.6) is 5.75 Å². The molecule has 148 valence electrons. The van der Waals surface area contributed by atoms with Gasteiger partial charge in [-0.2, -0.15) is 5.10 Å². The normalized spacial score (nSPS) is 15.8. The molecule has 0 radical (unpaired) electrons. The zero-order chi connectivity index (χ0) is 19.5. The summed E-state index contributed by atoms with van der Waals surface area (Å²) in [7, 11) is 3.61. The van der Waals surface area contributed by atoms with Crippen LogP contribution in [-0.2, 0) is 20.3 Å². The van der Waals surface area contributed by atoms with Crippen molar-refractivity contribution >= 4 is 23.6 Å². The summed E-state index contributed by atoms with van der Waals surface area (Å²) in [6.45, 7) is 5.71. The molecule has 1 saturated heterocycles. The van der Waals surface area contributed by atoms with Gasteiger partial charge in [0.15, 0.2) is 4.77 Å². The molecule has 0 spiro atoms. The third-order valence-electron chi connectivity index (χ3n) is 4.96. The molecule has 9 heteroatoms. The zero-order valence-electron chi connectivity index (χ0n) is 16.1. The third-order valence-corrected chi connectivity index (χ3v) is 6.40. The van der Waals surface area contributed by atoms with Gasteiger partial charge in [-0.1, -0.05) is 0 Å². The van der Waals surface area contributed by atoms with Crippen molar-refractivity contribution in [1.82, 2.24) is 29.1 Å². The highest BCUT2D eigenvalue weighted by molar-refractivity contribution is 7.71. The van der Waals surface area contributed by atoms with E-state index in [1.165, 1.54) is 0 Å². The van der Waals surface area contributed by atoms with E-state index >= 15 is 0 Å². The highest BCUT2D eigenvalue weighted by Crippen LogP contribution is 2.26. The van der Waals surface area contributed by atoms with Gasteiger partial charge in [-0.05, 0) is 36.5 Å². The van der Waals surface area contributed by atoms with Crippen LogP contribution in [0.1, 0.15) is 5.69 Å². The maximum Gasteiger partial charge on any atom is 0.198 e. The maximum absolute atomic E-state index is 5.37. The molecule has 1 aromatic carbocycles. The molecule has 1 aliphatic rings. The Labute approximate surface area is 173 Å². The van der Waals surface area contributed by atoms with Gasteiger partial charge >= 0.3 is 0 Å². The van der Waals surface area contributed by atoms with Gasteiger partial charge in [-0.25, -0.2) is 9.67 Å². The second-order valence-electron chi connectivity index (χ2n) is 6.93. The number of aromatic nitrogens is 4. The van der Waals surface area contributed by atoms with Crippen LogP contribution >= 0.6 is 23.6 Å². The number of ether oxygens (including phenoxy) is 1. The van der Waals surface area contributed by atoms with E-state index in [1.807, 2.05) is 28.4 Å². The fraction of sp³-hybridized carbons (Fsp3) is 0.421. The highest BCUT2D eigenvalue weighted by atomic mass is 32.1. The summed E-state index contributed by atoms with van der Waals surface area (Å²) in [5.74, 6) is 0.866. The van der Waals surface area contributed by atoms with E-state index in [0.717, 1.165) is 66.2 Å². The molecule has 0 N–H and O–H groups in total. The number of piperazine rings is 1. The van der Waals surface area contributed by atoms with E-state index in [9.17, 15) is 0 Å². The molecule has 1 aliphatic heterocycles. The van der Waals surface area contributed by atoms with Crippen LogP contribution in [0.15, 0.2) is 36.0 Å². The summed E-state index contributed by atoms with van der Waals surface area (Å²) in [5.41, 5.74) is 2.27. The number of nitrogens with zero attached hydrogens (tertiary/aromatic N) is 6. The highest BCUT2D eigenvalue weighted by Gasteiger charge is 2.19. The first-order valence-electron chi connectivity index (χ1n) is 9.24. The van der Waals surface area contributed by atoms with Crippen LogP contribution in [0.3, 0.4) is 0 Å². The molecular formula is C19H24N6OS2. The van der Waals surface area contributed by atoms with Gasteiger partial charge in [-0.3, -0.25) is 9.80 Å². The first-order chi connectivity index (χ1) is 13.6. The van der Waals surface area contributed by atoms with Crippen molar-refractivity contribution in [1.29, 1.82) is 0 Å². The number of aryl methyl sites for hydroxylation is 1. The third kappa shape index (κ3) is 4.33. The van der Waals surface area contributed by atoms with Gasteiger partial charge in [0.05, 0.1) is 19.5 Å². The van der Waals surface area contributed by atoms with E-state index in [-0.39, 0.29) is 0 Å². The summed E-state index contributed by atoms with van der Waals surface area (Å²) in [4.78, 5) is 9.67. The Bertz CT molecular complexity index is 969. The van der Waals surface area contributed by atoms with Crippen molar-refractivity contribution in [2.45, 2.75) is 13.2 Å². The molecule has 2 aromatic heterocycles. The maximum atomic E-state index is 5.37. The summed E-state index contributed by atoms with van der Waals surface area (Å²) in [6.07, 6.45) is 1.77. The van der Waals surface area contributed by atoms with Crippen LogP contribution < -0.4 is 4.74 Å². The average molecular weight is 417 g/mol. The average Bonchev–Trinajstić information content (AvgIpc) is 3.31. The monoisotopic (exact) mass is 416 g/mol. The van der Waals surface area contributed by atoms with Gasteiger partial charge in [0.1, 0.15) is 17.1 Å². The van der Waals surface area contributed by atoms with Gasteiger partial charge < -0.3 is 9.30 Å². The predicted octanol–water partition coefficient (Wildman–Crippen LogP) is 2.86. The zero-order valence-corrected chi connectivity index (χ0v) is 17.7. The van der Waals surface area contributed by atoms with Crippen molar-refractivity contribution in [2.24, 2.45) is 7.05 Å². The van der Waals surface area contributed by atoms with Crippen LogP contribution in [0.2, 0.25) is 0 Å². The Hall–Kier alpha value is -2.07. The van der Waals surface area contributed by atoms with Gasteiger partial charge in [0.2, 0.25) is 0 Å².